The molecule has 2 aromatic carbocycles. The number of alkyl halides is 2. The highest BCUT2D eigenvalue weighted by Crippen LogP contribution is 2.33. The highest BCUT2D eigenvalue weighted by Gasteiger charge is 2.21. The molecule has 2 aromatic heterocycles. The zero-order valence-corrected chi connectivity index (χ0v) is 16.9. The number of ether oxygens (including phenoxy) is 1. The summed E-state index contributed by atoms with van der Waals surface area (Å²) in [6, 6.07) is 15.9. The van der Waals surface area contributed by atoms with Crippen LogP contribution >= 0.6 is 23.1 Å². The number of hydrogen-bond acceptors (Lipinski definition) is 6. The van der Waals surface area contributed by atoms with Crippen LogP contribution in [0.25, 0.3) is 21.3 Å². The number of benzene rings is 2. The van der Waals surface area contributed by atoms with Crippen molar-refractivity contribution >= 4 is 39.0 Å². The van der Waals surface area contributed by atoms with Crippen molar-refractivity contribution in [3.8, 4) is 16.9 Å². The van der Waals surface area contributed by atoms with Crippen LogP contribution in [0.4, 0.5) is 8.78 Å². The van der Waals surface area contributed by atoms with E-state index in [0.717, 1.165) is 16.7 Å². The summed E-state index contributed by atoms with van der Waals surface area (Å²) in [7, 11) is 0. The van der Waals surface area contributed by atoms with Crippen molar-refractivity contribution < 1.29 is 13.5 Å². The lowest BCUT2D eigenvalue weighted by molar-refractivity contribution is -0.0498. The molecule has 0 saturated heterocycles. The molecule has 5 nitrogen and oxygen atoms in total. The predicted octanol–water partition coefficient (Wildman–Crippen LogP) is 5.08. The van der Waals surface area contributed by atoms with E-state index in [1.165, 1.54) is 39.9 Å². The summed E-state index contributed by atoms with van der Waals surface area (Å²) >= 11 is 2.85. The van der Waals surface area contributed by atoms with Crippen molar-refractivity contribution in [1.29, 1.82) is 0 Å². The van der Waals surface area contributed by atoms with E-state index in [4.69, 9.17) is 0 Å². The van der Waals surface area contributed by atoms with Crippen LogP contribution in [0.1, 0.15) is 5.56 Å². The van der Waals surface area contributed by atoms with Crippen molar-refractivity contribution in [2.75, 3.05) is 5.75 Å². The minimum absolute atomic E-state index is 0.0736. The van der Waals surface area contributed by atoms with Crippen LogP contribution in [0.5, 0.6) is 5.75 Å². The highest BCUT2D eigenvalue weighted by molar-refractivity contribution is 7.99. The smallest absolute Gasteiger partial charge is 0.387 e. The molecule has 0 aliphatic carbocycles. The van der Waals surface area contributed by atoms with Crippen molar-refractivity contribution in [1.82, 2.24) is 9.66 Å². The number of thiophene rings is 1. The van der Waals surface area contributed by atoms with Crippen molar-refractivity contribution in [3.63, 3.8) is 0 Å². The van der Waals surface area contributed by atoms with Gasteiger partial charge in [-0.05, 0) is 35.4 Å². The Balaban J connectivity index is 1.59. The van der Waals surface area contributed by atoms with Gasteiger partial charge in [-0.15, -0.1) is 11.3 Å². The Morgan fingerprint density at radius 3 is 2.53 bits per heavy atom. The second-order valence-electron chi connectivity index (χ2n) is 6.45. The van der Waals surface area contributed by atoms with Crippen molar-refractivity contribution in [2.45, 2.75) is 11.8 Å². The molecule has 0 unspecified atom stereocenters. The molecule has 5 rings (SSSR count). The van der Waals surface area contributed by atoms with Gasteiger partial charge in [0.15, 0.2) is 5.16 Å². The number of rotatable bonds is 4. The van der Waals surface area contributed by atoms with Gasteiger partial charge < -0.3 is 4.74 Å². The standard InChI is InChI=1S/C21H13F2N3O2S2/c22-20(23)28-14-8-6-13(7-9-14)16-11-30-21-24-18-17(19(27)26(21)25-16)15(10-29-18)12-4-2-1-3-5-12/h1-10,20H,11H2. The first-order valence-corrected chi connectivity index (χ1v) is 10.8. The largest absolute Gasteiger partial charge is 0.435 e. The lowest BCUT2D eigenvalue weighted by atomic mass is 10.1. The molecule has 0 N–H and O–H groups in total. The third kappa shape index (κ3) is 3.40. The normalized spacial score (nSPS) is 13.4. The number of halogens is 2. The van der Waals surface area contributed by atoms with E-state index in [1.54, 1.807) is 12.1 Å². The predicted molar refractivity (Wildman–Crippen MR) is 115 cm³/mol. The maximum absolute atomic E-state index is 13.3. The Kier molecular flexibility index (Phi) is 4.84. The molecule has 30 heavy (non-hydrogen) atoms. The number of fused-ring (bicyclic) bond motifs is 2. The molecule has 4 aromatic rings. The van der Waals surface area contributed by atoms with Gasteiger partial charge in [0, 0.05) is 16.7 Å². The van der Waals surface area contributed by atoms with Crippen LogP contribution < -0.4 is 10.3 Å². The highest BCUT2D eigenvalue weighted by atomic mass is 32.2. The SMILES string of the molecule is O=c1c2c(-c3ccccc3)csc2nc2n1N=C(c1ccc(OC(F)F)cc1)CS2. The van der Waals surface area contributed by atoms with E-state index in [0.29, 0.717) is 26.8 Å². The summed E-state index contributed by atoms with van der Waals surface area (Å²) in [4.78, 5) is 18.6. The molecular weight excluding hydrogens is 428 g/mol. The monoisotopic (exact) mass is 441 g/mol. The molecular formula is C21H13F2N3O2S2. The third-order valence-corrected chi connectivity index (χ3v) is 6.42. The van der Waals surface area contributed by atoms with Gasteiger partial charge in [0.2, 0.25) is 0 Å². The number of thioether (sulfide) groups is 1. The van der Waals surface area contributed by atoms with Gasteiger partial charge in [0.25, 0.3) is 5.56 Å². The topological polar surface area (TPSA) is 56.5 Å². The molecule has 0 saturated carbocycles. The second-order valence-corrected chi connectivity index (χ2v) is 8.25. The van der Waals surface area contributed by atoms with Gasteiger partial charge in [0.05, 0.1) is 11.1 Å². The molecule has 1 aliphatic rings. The Hall–Kier alpha value is -3.04. The first-order valence-electron chi connectivity index (χ1n) is 8.96. The summed E-state index contributed by atoms with van der Waals surface area (Å²) in [5.41, 5.74) is 2.96. The summed E-state index contributed by atoms with van der Waals surface area (Å²) in [5.74, 6) is 0.591. The summed E-state index contributed by atoms with van der Waals surface area (Å²) < 4.78 is 30.4. The lowest BCUT2D eigenvalue weighted by Crippen LogP contribution is -2.25. The Bertz CT molecular complexity index is 1320. The maximum Gasteiger partial charge on any atom is 0.387 e. The zero-order valence-electron chi connectivity index (χ0n) is 15.3. The summed E-state index contributed by atoms with van der Waals surface area (Å²) in [6.07, 6.45) is 0. The van der Waals surface area contributed by atoms with Crippen LogP contribution in [0.2, 0.25) is 0 Å². The van der Waals surface area contributed by atoms with Gasteiger partial charge in [0.1, 0.15) is 10.6 Å². The van der Waals surface area contributed by atoms with E-state index in [9.17, 15) is 13.6 Å². The van der Waals surface area contributed by atoms with Crippen molar-refractivity contribution in [2.24, 2.45) is 5.10 Å². The second kappa shape index (κ2) is 7.66. The Morgan fingerprint density at radius 1 is 1.03 bits per heavy atom. The summed E-state index contributed by atoms with van der Waals surface area (Å²) in [6.45, 7) is -2.87. The first kappa shape index (κ1) is 19.0. The maximum atomic E-state index is 13.3. The van der Waals surface area contributed by atoms with E-state index in [-0.39, 0.29) is 11.3 Å². The lowest BCUT2D eigenvalue weighted by Gasteiger charge is -2.16. The minimum atomic E-state index is -2.87. The molecule has 0 amide bonds. The number of aromatic nitrogens is 2. The van der Waals surface area contributed by atoms with Crippen molar-refractivity contribution in [3.05, 3.63) is 75.9 Å². The minimum Gasteiger partial charge on any atom is -0.435 e. The fourth-order valence-corrected chi connectivity index (χ4v) is 5.12. The molecule has 0 atom stereocenters. The Morgan fingerprint density at radius 2 is 1.80 bits per heavy atom. The molecule has 0 fully saturated rings. The number of hydrogen-bond donors (Lipinski definition) is 0. The molecule has 1 aliphatic heterocycles. The van der Waals surface area contributed by atoms with E-state index < -0.39 is 6.61 Å². The Labute approximate surface area is 177 Å². The fourth-order valence-electron chi connectivity index (χ4n) is 3.23. The average Bonchev–Trinajstić information content (AvgIpc) is 3.19. The van der Waals surface area contributed by atoms with E-state index in [1.807, 2.05) is 35.7 Å². The average molecular weight is 441 g/mol. The van der Waals surface area contributed by atoms with Gasteiger partial charge in [-0.3, -0.25) is 4.79 Å². The van der Waals surface area contributed by atoms with Gasteiger partial charge >= 0.3 is 6.61 Å². The molecule has 9 heteroatoms. The van der Waals surface area contributed by atoms with Gasteiger partial charge in [-0.1, -0.05) is 42.1 Å². The molecule has 150 valence electrons. The zero-order chi connectivity index (χ0) is 20.7. The quantitative estimate of drug-likeness (QED) is 0.414. The molecule has 0 bridgehead atoms. The third-order valence-electron chi connectivity index (χ3n) is 4.61. The first-order chi connectivity index (χ1) is 14.6. The number of nitrogens with zero attached hydrogens (tertiary/aromatic N) is 3. The van der Waals surface area contributed by atoms with E-state index >= 15 is 0 Å². The molecule has 3 heterocycles. The van der Waals surface area contributed by atoms with Crippen LogP contribution in [-0.2, 0) is 0 Å². The van der Waals surface area contributed by atoms with Gasteiger partial charge in [-0.25, -0.2) is 4.98 Å². The van der Waals surface area contributed by atoms with E-state index in [2.05, 4.69) is 14.8 Å². The summed E-state index contributed by atoms with van der Waals surface area (Å²) in [5, 5.41) is 7.55. The van der Waals surface area contributed by atoms with Gasteiger partial charge in [-0.2, -0.15) is 18.6 Å². The fraction of sp³-hybridized carbons (Fsp3) is 0.0952. The van der Waals surface area contributed by atoms with Crippen LogP contribution in [0.15, 0.2) is 75.0 Å². The molecule has 0 spiro atoms. The van der Waals surface area contributed by atoms with Crippen LogP contribution in [0, 0.1) is 0 Å². The molecule has 0 radical (unpaired) electrons. The van der Waals surface area contributed by atoms with Crippen LogP contribution in [0.3, 0.4) is 0 Å². The van der Waals surface area contributed by atoms with Crippen LogP contribution in [-0.4, -0.2) is 27.7 Å².